The third kappa shape index (κ3) is 4.61. The Morgan fingerprint density at radius 1 is 1.15 bits per heavy atom. The summed E-state index contributed by atoms with van der Waals surface area (Å²) >= 11 is 1.87. The van der Waals surface area contributed by atoms with Crippen molar-refractivity contribution >= 4 is 29.3 Å². The average Bonchev–Trinajstić information content (AvgIpc) is 2.71. The van der Waals surface area contributed by atoms with Crippen molar-refractivity contribution in [1.82, 2.24) is 4.90 Å². The summed E-state index contributed by atoms with van der Waals surface area (Å²) in [7, 11) is 1.28. The number of benzene rings is 2. The Kier molecular flexibility index (Phi) is 6.36. The lowest BCUT2D eigenvalue weighted by atomic mass is 10.0. The van der Waals surface area contributed by atoms with Crippen molar-refractivity contribution in [1.29, 1.82) is 0 Å². The quantitative estimate of drug-likeness (QED) is 0.608. The van der Waals surface area contributed by atoms with Gasteiger partial charge in [-0.05, 0) is 23.8 Å². The molecule has 7 heteroatoms. The number of carbonyl (C=O) groups is 2. The lowest BCUT2D eigenvalue weighted by Crippen LogP contribution is -2.42. The molecule has 1 unspecified atom stereocenters. The van der Waals surface area contributed by atoms with E-state index in [0.717, 1.165) is 30.2 Å². The van der Waals surface area contributed by atoms with Crippen LogP contribution in [0.25, 0.3) is 0 Å². The summed E-state index contributed by atoms with van der Waals surface area (Å²) in [4.78, 5) is 27.0. The zero-order chi connectivity index (χ0) is 19.2. The number of nitrogens with one attached hydrogen (secondary N) is 1. The van der Waals surface area contributed by atoms with E-state index in [-0.39, 0.29) is 22.9 Å². The Hall–Kier alpha value is -2.51. The van der Waals surface area contributed by atoms with Crippen LogP contribution in [-0.4, -0.2) is 53.6 Å². The molecule has 1 heterocycles. The van der Waals surface area contributed by atoms with Gasteiger partial charge in [-0.1, -0.05) is 30.3 Å². The monoisotopic (exact) mass is 386 g/mol. The number of phenols is 1. The molecule has 1 saturated heterocycles. The molecule has 0 saturated carbocycles. The summed E-state index contributed by atoms with van der Waals surface area (Å²) in [6, 6.07) is 13.4. The summed E-state index contributed by atoms with van der Waals surface area (Å²) in [5.41, 5.74) is 1.34. The predicted octanol–water partition coefficient (Wildman–Crippen LogP) is 2.91. The van der Waals surface area contributed by atoms with Gasteiger partial charge in [-0.15, -0.1) is 0 Å². The van der Waals surface area contributed by atoms with E-state index < -0.39 is 12.0 Å². The summed E-state index contributed by atoms with van der Waals surface area (Å²) in [5.74, 6) is 1.07. The first-order valence-corrected chi connectivity index (χ1v) is 9.84. The molecule has 1 atom stereocenters. The van der Waals surface area contributed by atoms with E-state index >= 15 is 0 Å². The Bertz CT molecular complexity index is 807. The number of esters is 1. The molecule has 6 nitrogen and oxygen atoms in total. The SMILES string of the molecule is COC(=O)c1ccc(O)c(NC(=O)C(c2ccccc2)N2CCSCC2)c1. The van der Waals surface area contributed by atoms with Gasteiger partial charge in [0, 0.05) is 24.6 Å². The van der Waals surface area contributed by atoms with Gasteiger partial charge in [-0.25, -0.2) is 4.79 Å². The zero-order valence-corrected chi connectivity index (χ0v) is 15.9. The number of hydrogen-bond acceptors (Lipinski definition) is 6. The molecule has 0 bridgehead atoms. The van der Waals surface area contributed by atoms with Crippen LogP contribution in [0, 0.1) is 0 Å². The number of thioether (sulfide) groups is 1. The molecule has 0 radical (unpaired) electrons. The number of hydrogen-bond donors (Lipinski definition) is 2. The van der Waals surface area contributed by atoms with Crippen LogP contribution in [0.1, 0.15) is 22.0 Å². The maximum absolute atomic E-state index is 13.1. The molecule has 0 aromatic heterocycles. The second kappa shape index (κ2) is 8.92. The zero-order valence-electron chi connectivity index (χ0n) is 15.1. The molecule has 3 rings (SSSR count). The fraction of sp³-hybridized carbons (Fsp3) is 0.300. The Morgan fingerprint density at radius 2 is 1.85 bits per heavy atom. The Morgan fingerprint density at radius 3 is 2.52 bits per heavy atom. The number of nitrogens with zero attached hydrogens (tertiary/aromatic N) is 1. The second-order valence-electron chi connectivity index (χ2n) is 6.17. The van der Waals surface area contributed by atoms with Gasteiger partial charge >= 0.3 is 5.97 Å². The fourth-order valence-corrected chi connectivity index (χ4v) is 4.01. The van der Waals surface area contributed by atoms with Crippen molar-refractivity contribution in [2.45, 2.75) is 6.04 Å². The minimum atomic E-state index is -0.529. The van der Waals surface area contributed by atoms with E-state index in [1.54, 1.807) is 0 Å². The van der Waals surface area contributed by atoms with Crippen LogP contribution in [0.15, 0.2) is 48.5 Å². The maximum Gasteiger partial charge on any atom is 0.337 e. The predicted molar refractivity (Wildman–Crippen MR) is 106 cm³/mol. The first-order chi connectivity index (χ1) is 13.1. The third-order valence-electron chi connectivity index (χ3n) is 4.45. The smallest absolute Gasteiger partial charge is 0.337 e. The van der Waals surface area contributed by atoms with E-state index in [1.165, 1.54) is 25.3 Å². The van der Waals surface area contributed by atoms with Crippen LogP contribution < -0.4 is 5.32 Å². The van der Waals surface area contributed by atoms with E-state index in [4.69, 9.17) is 4.74 Å². The summed E-state index contributed by atoms with van der Waals surface area (Å²) in [6.07, 6.45) is 0. The number of rotatable bonds is 5. The molecular formula is C20H22N2O4S. The Balaban J connectivity index is 1.87. The number of amides is 1. The minimum absolute atomic E-state index is 0.1000. The van der Waals surface area contributed by atoms with Gasteiger partial charge in [0.1, 0.15) is 11.8 Å². The molecular weight excluding hydrogens is 364 g/mol. The highest BCUT2D eigenvalue weighted by Crippen LogP contribution is 2.29. The van der Waals surface area contributed by atoms with Gasteiger partial charge in [-0.3, -0.25) is 9.69 Å². The molecule has 1 fully saturated rings. The van der Waals surface area contributed by atoms with E-state index in [0.29, 0.717) is 0 Å². The number of aromatic hydroxyl groups is 1. The summed E-state index contributed by atoms with van der Waals surface area (Å²) in [6.45, 7) is 1.62. The van der Waals surface area contributed by atoms with Gasteiger partial charge in [0.2, 0.25) is 5.91 Å². The van der Waals surface area contributed by atoms with Crippen molar-refractivity contribution in [3.8, 4) is 5.75 Å². The van der Waals surface area contributed by atoms with Crippen molar-refractivity contribution < 1.29 is 19.4 Å². The van der Waals surface area contributed by atoms with E-state index in [9.17, 15) is 14.7 Å². The molecule has 1 aliphatic heterocycles. The van der Waals surface area contributed by atoms with Crippen molar-refractivity contribution in [3.63, 3.8) is 0 Å². The molecule has 0 aliphatic carbocycles. The van der Waals surface area contributed by atoms with Crippen LogP contribution in [-0.2, 0) is 9.53 Å². The number of ether oxygens (including phenoxy) is 1. The van der Waals surface area contributed by atoms with Crippen LogP contribution >= 0.6 is 11.8 Å². The van der Waals surface area contributed by atoms with Gasteiger partial charge in [-0.2, -0.15) is 11.8 Å². The standard InChI is InChI=1S/C20H22N2O4S/c1-26-20(25)15-7-8-17(23)16(13-15)21-19(24)18(14-5-3-2-4-6-14)22-9-11-27-12-10-22/h2-8,13,18,23H,9-12H2,1H3,(H,21,24). The highest BCUT2D eigenvalue weighted by atomic mass is 32.2. The van der Waals surface area contributed by atoms with Crippen LogP contribution in [0.5, 0.6) is 5.75 Å². The molecule has 2 aromatic rings. The molecule has 27 heavy (non-hydrogen) atoms. The lowest BCUT2D eigenvalue weighted by Gasteiger charge is -2.33. The number of phenolic OH excluding ortho intramolecular Hbond substituents is 1. The van der Waals surface area contributed by atoms with Gasteiger partial charge in [0.25, 0.3) is 0 Å². The topological polar surface area (TPSA) is 78.9 Å². The highest BCUT2D eigenvalue weighted by Gasteiger charge is 2.29. The molecule has 0 spiro atoms. The number of methoxy groups -OCH3 is 1. The van der Waals surface area contributed by atoms with Crippen LogP contribution in [0.2, 0.25) is 0 Å². The number of anilines is 1. The fourth-order valence-electron chi connectivity index (χ4n) is 3.08. The van der Waals surface area contributed by atoms with Crippen molar-refractivity contribution in [3.05, 3.63) is 59.7 Å². The van der Waals surface area contributed by atoms with Crippen LogP contribution in [0.3, 0.4) is 0 Å². The summed E-state index contributed by atoms with van der Waals surface area (Å²) < 4.78 is 4.70. The first-order valence-electron chi connectivity index (χ1n) is 8.69. The van der Waals surface area contributed by atoms with Gasteiger partial charge < -0.3 is 15.2 Å². The molecule has 1 aliphatic rings. The minimum Gasteiger partial charge on any atom is -0.506 e. The molecule has 2 N–H and O–H groups in total. The normalized spacial score (nSPS) is 15.7. The number of carbonyl (C=O) groups excluding carboxylic acids is 2. The lowest BCUT2D eigenvalue weighted by molar-refractivity contribution is -0.121. The molecule has 142 valence electrons. The largest absolute Gasteiger partial charge is 0.506 e. The third-order valence-corrected chi connectivity index (χ3v) is 5.39. The second-order valence-corrected chi connectivity index (χ2v) is 7.40. The van der Waals surface area contributed by atoms with Gasteiger partial charge in [0.05, 0.1) is 18.4 Å². The van der Waals surface area contributed by atoms with E-state index in [1.807, 2.05) is 42.1 Å². The Labute approximate surface area is 162 Å². The average molecular weight is 386 g/mol. The van der Waals surface area contributed by atoms with Crippen molar-refractivity contribution in [2.75, 3.05) is 37.0 Å². The first kappa shape index (κ1) is 19.3. The van der Waals surface area contributed by atoms with Gasteiger partial charge in [0.15, 0.2) is 0 Å². The maximum atomic E-state index is 13.1. The summed E-state index contributed by atoms with van der Waals surface area (Å²) in [5, 5.41) is 12.9. The van der Waals surface area contributed by atoms with Crippen molar-refractivity contribution in [2.24, 2.45) is 0 Å². The van der Waals surface area contributed by atoms with Crippen LogP contribution in [0.4, 0.5) is 5.69 Å². The van der Waals surface area contributed by atoms with E-state index in [2.05, 4.69) is 10.2 Å². The molecule has 1 amide bonds. The molecule has 2 aromatic carbocycles. The highest BCUT2D eigenvalue weighted by molar-refractivity contribution is 7.99.